The van der Waals surface area contributed by atoms with Gasteiger partial charge in [-0.25, -0.2) is 8.42 Å². The van der Waals surface area contributed by atoms with E-state index in [2.05, 4.69) is 15.5 Å². The van der Waals surface area contributed by atoms with Gasteiger partial charge in [-0.15, -0.1) is 0 Å². The van der Waals surface area contributed by atoms with Gasteiger partial charge >= 0.3 is 0 Å². The molecule has 1 atom stereocenters. The van der Waals surface area contributed by atoms with Crippen molar-refractivity contribution in [1.82, 2.24) is 15.5 Å². The first-order valence-corrected chi connectivity index (χ1v) is 10.7. The van der Waals surface area contributed by atoms with Crippen molar-refractivity contribution in [2.75, 3.05) is 11.5 Å². The molecular weight excluding hydrogens is 376 g/mol. The van der Waals surface area contributed by atoms with Gasteiger partial charge in [0.2, 0.25) is 17.6 Å². The number of ketones is 1. The van der Waals surface area contributed by atoms with Gasteiger partial charge in [0.1, 0.15) is 6.04 Å². The zero-order valence-electron chi connectivity index (χ0n) is 14.7. The number of nitrogens with one attached hydrogen (secondary N) is 1. The fourth-order valence-corrected chi connectivity index (χ4v) is 4.36. The van der Waals surface area contributed by atoms with Crippen LogP contribution in [0.25, 0.3) is 0 Å². The van der Waals surface area contributed by atoms with Crippen LogP contribution in [-0.2, 0) is 19.4 Å². The minimum atomic E-state index is -3.32. The zero-order valence-corrected chi connectivity index (χ0v) is 15.5. The molecule has 0 saturated heterocycles. The summed E-state index contributed by atoms with van der Waals surface area (Å²) in [6.45, 7) is 0. The van der Waals surface area contributed by atoms with Crippen LogP contribution in [0.15, 0.2) is 4.52 Å². The highest BCUT2D eigenvalue weighted by Gasteiger charge is 2.33. The SMILES string of the molecule is NC(=O)CC(NC(=O)CCS(=O)(=O)CC1CC1)C(=O)c1nc(C2CC2)no1. The Bertz CT molecular complexity index is 841. The Morgan fingerprint density at radius 2 is 1.93 bits per heavy atom. The molecule has 2 aliphatic rings. The van der Waals surface area contributed by atoms with E-state index < -0.39 is 39.9 Å². The first-order valence-electron chi connectivity index (χ1n) is 8.89. The first kappa shape index (κ1) is 19.5. The smallest absolute Gasteiger partial charge is 0.296 e. The van der Waals surface area contributed by atoms with Crippen molar-refractivity contribution in [3.63, 3.8) is 0 Å². The van der Waals surface area contributed by atoms with Crippen LogP contribution in [0.3, 0.4) is 0 Å². The molecule has 2 fully saturated rings. The van der Waals surface area contributed by atoms with Gasteiger partial charge in [-0.1, -0.05) is 5.16 Å². The van der Waals surface area contributed by atoms with Crippen LogP contribution in [0, 0.1) is 5.92 Å². The van der Waals surface area contributed by atoms with E-state index in [0.717, 1.165) is 25.7 Å². The molecule has 2 saturated carbocycles. The molecule has 11 heteroatoms. The summed E-state index contributed by atoms with van der Waals surface area (Å²) in [5.74, 6) is -1.90. The molecule has 1 unspecified atom stereocenters. The summed E-state index contributed by atoms with van der Waals surface area (Å²) in [6, 6.07) is -1.27. The molecule has 2 amide bonds. The Balaban J connectivity index is 1.58. The number of rotatable bonds is 11. The predicted octanol–water partition coefficient (Wildman–Crippen LogP) is -0.295. The third-order valence-corrected chi connectivity index (χ3v) is 6.28. The number of aromatic nitrogens is 2. The van der Waals surface area contributed by atoms with Crippen molar-refractivity contribution in [2.24, 2.45) is 11.7 Å². The Morgan fingerprint density at radius 3 is 2.52 bits per heavy atom. The van der Waals surface area contributed by atoms with Gasteiger partial charge in [-0.2, -0.15) is 4.98 Å². The van der Waals surface area contributed by atoms with Crippen molar-refractivity contribution >= 4 is 27.4 Å². The lowest BCUT2D eigenvalue weighted by Gasteiger charge is -2.14. The molecule has 0 aliphatic heterocycles. The largest absolute Gasteiger partial charge is 0.370 e. The van der Waals surface area contributed by atoms with Crippen molar-refractivity contribution in [1.29, 1.82) is 0 Å². The number of hydrogen-bond donors (Lipinski definition) is 2. The van der Waals surface area contributed by atoms with Gasteiger partial charge in [-0.3, -0.25) is 14.4 Å². The highest BCUT2D eigenvalue weighted by Crippen LogP contribution is 2.38. The summed E-state index contributed by atoms with van der Waals surface area (Å²) >= 11 is 0. The monoisotopic (exact) mass is 398 g/mol. The minimum Gasteiger partial charge on any atom is -0.370 e. The number of carbonyl (C=O) groups excluding carboxylic acids is 3. The van der Waals surface area contributed by atoms with Crippen LogP contribution in [0.4, 0.5) is 0 Å². The van der Waals surface area contributed by atoms with E-state index in [4.69, 9.17) is 10.3 Å². The van der Waals surface area contributed by atoms with E-state index in [1.54, 1.807) is 0 Å². The topological polar surface area (TPSA) is 162 Å². The van der Waals surface area contributed by atoms with E-state index in [9.17, 15) is 22.8 Å². The molecule has 10 nitrogen and oxygen atoms in total. The van der Waals surface area contributed by atoms with E-state index in [0.29, 0.717) is 5.82 Å². The summed E-state index contributed by atoms with van der Waals surface area (Å²) in [7, 11) is -3.32. The third-order valence-electron chi connectivity index (χ3n) is 4.48. The number of Topliss-reactive ketones (excluding diaryl/α,β-unsaturated/α-hetero) is 1. The average Bonchev–Trinajstić information content (AvgIpc) is 3.52. The quantitative estimate of drug-likeness (QED) is 0.480. The van der Waals surface area contributed by atoms with Crippen molar-refractivity contribution in [3.05, 3.63) is 11.7 Å². The molecule has 0 aromatic carbocycles. The molecule has 0 radical (unpaired) electrons. The minimum absolute atomic E-state index is 0.0792. The van der Waals surface area contributed by atoms with E-state index >= 15 is 0 Å². The lowest BCUT2D eigenvalue weighted by Crippen LogP contribution is -2.44. The second-order valence-corrected chi connectivity index (χ2v) is 9.42. The van der Waals surface area contributed by atoms with Crippen LogP contribution in [0.1, 0.15) is 61.0 Å². The maximum atomic E-state index is 12.5. The second kappa shape index (κ2) is 7.75. The molecule has 27 heavy (non-hydrogen) atoms. The highest BCUT2D eigenvalue weighted by molar-refractivity contribution is 7.91. The fourth-order valence-electron chi connectivity index (χ4n) is 2.64. The predicted molar refractivity (Wildman–Crippen MR) is 92.3 cm³/mol. The van der Waals surface area contributed by atoms with Gasteiger partial charge in [0.15, 0.2) is 15.7 Å². The van der Waals surface area contributed by atoms with Crippen LogP contribution in [0.5, 0.6) is 0 Å². The molecule has 1 aromatic heterocycles. The van der Waals surface area contributed by atoms with Crippen LogP contribution in [-0.4, -0.2) is 53.7 Å². The van der Waals surface area contributed by atoms with E-state index in [1.807, 2.05) is 0 Å². The molecule has 0 bridgehead atoms. The van der Waals surface area contributed by atoms with Gasteiger partial charge in [0, 0.05) is 12.3 Å². The number of amides is 2. The number of carbonyl (C=O) groups is 3. The molecule has 148 valence electrons. The number of sulfone groups is 1. The maximum Gasteiger partial charge on any atom is 0.296 e. The lowest BCUT2D eigenvalue weighted by molar-refractivity contribution is -0.122. The van der Waals surface area contributed by atoms with Crippen LogP contribution >= 0.6 is 0 Å². The summed E-state index contributed by atoms with van der Waals surface area (Å²) in [4.78, 5) is 39.8. The molecule has 3 N–H and O–H groups in total. The molecule has 3 rings (SSSR count). The normalized spacial score (nSPS) is 18.1. The van der Waals surface area contributed by atoms with Gasteiger partial charge in [-0.05, 0) is 31.6 Å². The number of primary amides is 1. The summed E-state index contributed by atoms with van der Waals surface area (Å²) in [5, 5.41) is 6.09. The van der Waals surface area contributed by atoms with Crippen molar-refractivity contribution in [2.45, 2.75) is 50.5 Å². The zero-order chi connectivity index (χ0) is 19.6. The van der Waals surface area contributed by atoms with Crippen LogP contribution in [0.2, 0.25) is 0 Å². The molecular formula is C16H22N4O6S. The summed E-state index contributed by atoms with van der Waals surface area (Å²) < 4.78 is 28.8. The summed E-state index contributed by atoms with van der Waals surface area (Å²) in [6.07, 6.45) is 2.89. The Morgan fingerprint density at radius 1 is 1.22 bits per heavy atom. The standard InChI is InChI=1S/C16H22N4O6S/c17-12(21)7-11(14(23)16-19-15(20-26-16)10-3-4-10)18-13(22)5-6-27(24,25)8-9-1-2-9/h9-11H,1-8H2,(H2,17,21)(H,18,22). The van der Waals surface area contributed by atoms with Gasteiger partial charge in [0.05, 0.1) is 17.9 Å². The second-order valence-electron chi connectivity index (χ2n) is 7.19. The average molecular weight is 398 g/mol. The van der Waals surface area contributed by atoms with Crippen molar-refractivity contribution in [3.8, 4) is 0 Å². The molecule has 0 spiro atoms. The fraction of sp³-hybridized carbons (Fsp3) is 0.688. The third kappa shape index (κ3) is 5.84. The molecule has 1 aromatic rings. The van der Waals surface area contributed by atoms with Gasteiger partial charge in [0.25, 0.3) is 5.89 Å². The molecule has 1 heterocycles. The summed E-state index contributed by atoms with van der Waals surface area (Å²) in [5.41, 5.74) is 5.15. The number of hydrogen-bond acceptors (Lipinski definition) is 8. The Hall–Kier alpha value is -2.30. The Labute approximate surface area is 156 Å². The van der Waals surface area contributed by atoms with E-state index in [-0.39, 0.29) is 35.7 Å². The molecule has 2 aliphatic carbocycles. The van der Waals surface area contributed by atoms with Crippen molar-refractivity contribution < 1.29 is 27.3 Å². The van der Waals surface area contributed by atoms with E-state index in [1.165, 1.54) is 0 Å². The first-order chi connectivity index (χ1) is 12.7. The van der Waals surface area contributed by atoms with Gasteiger partial charge < -0.3 is 15.6 Å². The highest BCUT2D eigenvalue weighted by atomic mass is 32.2. The lowest BCUT2D eigenvalue weighted by atomic mass is 10.1. The maximum absolute atomic E-state index is 12.5. The Kier molecular flexibility index (Phi) is 5.59. The van der Waals surface area contributed by atoms with Crippen LogP contribution < -0.4 is 11.1 Å². The number of nitrogens with zero attached hydrogens (tertiary/aromatic N) is 2. The number of nitrogens with two attached hydrogens (primary N) is 1.